The van der Waals surface area contributed by atoms with Crippen LogP contribution in [0.1, 0.15) is 24.4 Å². The highest BCUT2D eigenvalue weighted by Crippen LogP contribution is 2.27. The van der Waals surface area contributed by atoms with Crippen LogP contribution in [0.25, 0.3) is 11.0 Å². The smallest absolute Gasteiger partial charge is 0.151 e. The molecule has 0 N–H and O–H groups in total. The molecule has 0 saturated heterocycles. The van der Waals surface area contributed by atoms with Gasteiger partial charge in [0, 0.05) is 0 Å². The number of aromatic nitrogens is 2. The van der Waals surface area contributed by atoms with Gasteiger partial charge in [0.25, 0.3) is 0 Å². The molecule has 0 fully saturated rings. The standard InChI is InChI=1S/C16H14ClFN2/c1-11(12-6-3-2-4-7-12)20-14-9-5-8-13(18)16(14)19-15(20)10-17/h2-9,11H,10H2,1H3. The van der Waals surface area contributed by atoms with Gasteiger partial charge in [0.05, 0.1) is 17.4 Å². The summed E-state index contributed by atoms with van der Waals surface area (Å²) in [5, 5.41) is 0. The van der Waals surface area contributed by atoms with Crippen LogP contribution in [0.15, 0.2) is 48.5 Å². The molecule has 20 heavy (non-hydrogen) atoms. The molecule has 0 saturated carbocycles. The molecular formula is C16H14ClFN2. The highest BCUT2D eigenvalue weighted by Gasteiger charge is 2.18. The van der Waals surface area contributed by atoms with Crippen LogP contribution in [0.2, 0.25) is 0 Å². The maximum Gasteiger partial charge on any atom is 0.151 e. The van der Waals surface area contributed by atoms with Crippen molar-refractivity contribution in [1.29, 1.82) is 0 Å². The lowest BCUT2D eigenvalue weighted by Gasteiger charge is -2.17. The van der Waals surface area contributed by atoms with Gasteiger partial charge < -0.3 is 4.57 Å². The van der Waals surface area contributed by atoms with Crippen molar-refractivity contribution in [2.45, 2.75) is 18.8 Å². The monoisotopic (exact) mass is 288 g/mol. The fraction of sp³-hybridized carbons (Fsp3) is 0.188. The summed E-state index contributed by atoms with van der Waals surface area (Å²) in [6.07, 6.45) is 0. The molecule has 1 atom stereocenters. The van der Waals surface area contributed by atoms with E-state index in [2.05, 4.69) is 11.9 Å². The van der Waals surface area contributed by atoms with Crippen molar-refractivity contribution in [3.8, 4) is 0 Å². The number of hydrogen-bond acceptors (Lipinski definition) is 1. The van der Waals surface area contributed by atoms with Crippen LogP contribution in [-0.4, -0.2) is 9.55 Å². The summed E-state index contributed by atoms with van der Waals surface area (Å²) in [6.45, 7) is 2.07. The lowest BCUT2D eigenvalue weighted by atomic mass is 10.1. The van der Waals surface area contributed by atoms with E-state index in [1.54, 1.807) is 6.07 Å². The van der Waals surface area contributed by atoms with E-state index in [9.17, 15) is 4.39 Å². The van der Waals surface area contributed by atoms with Crippen LogP contribution in [-0.2, 0) is 5.88 Å². The van der Waals surface area contributed by atoms with Gasteiger partial charge in [0.2, 0.25) is 0 Å². The molecule has 0 amide bonds. The van der Waals surface area contributed by atoms with Crippen LogP contribution in [0.4, 0.5) is 4.39 Å². The highest BCUT2D eigenvalue weighted by molar-refractivity contribution is 6.16. The number of para-hydroxylation sites is 1. The first-order valence-corrected chi connectivity index (χ1v) is 7.02. The van der Waals surface area contributed by atoms with E-state index in [1.165, 1.54) is 6.07 Å². The van der Waals surface area contributed by atoms with E-state index in [0.29, 0.717) is 11.3 Å². The number of nitrogens with zero attached hydrogens (tertiary/aromatic N) is 2. The quantitative estimate of drug-likeness (QED) is 0.648. The Morgan fingerprint density at radius 1 is 1.15 bits per heavy atom. The van der Waals surface area contributed by atoms with E-state index in [1.807, 2.05) is 41.0 Å². The van der Waals surface area contributed by atoms with Crippen molar-refractivity contribution in [2.75, 3.05) is 0 Å². The van der Waals surface area contributed by atoms with Crippen LogP contribution < -0.4 is 0 Å². The maximum absolute atomic E-state index is 13.9. The molecule has 0 bridgehead atoms. The molecule has 0 radical (unpaired) electrons. The number of imidazole rings is 1. The highest BCUT2D eigenvalue weighted by atomic mass is 35.5. The third kappa shape index (κ3) is 2.08. The average molecular weight is 289 g/mol. The summed E-state index contributed by atoms with van der Waals surface area (Å²) in [4.78, 5) is 4.33. The van der Waals surface area contributed by atoms with E-state index < -0.39 is 0 Å². The molecule has 3 rings (SSSR count). The van der Waals surface area contributed by atoms with Gasteiger partial charge in [-0.2, -0.15) is 0 Å². The number of rotatable bonds is 3. The van der Waals surface area contributed by atoms with E-state index in [0.717, 1.165) is 11.1 Å². The van der Waals surface area contributed by atoms with Crippen LogP contribution in [0, 0.1) is 5.82 Å². The maximum atomic E-state index is 13.9. The van der Waals surface area contributed by atoms with Crippen molar-refractivity contribution < 1.29 is 4.39 Å². The predicted octanol–water partition coefficient (Wildman–Crippen LogP) is 4.52. The fourth-order valence-electron chi connectivity index (χ4n) is 2.54. The van der Waals surface area contributed by atoms with Crippen molar-refractivity contribution >= 4 is 22.6 Å². The molecule has 4 heteroatoms. The molecule has 2 nitrogen and oxygen atoms in total. The molecule has 102 valence electrons. The molecule has 1 unspecified atom stereocenters. The summed E-state index contributed by atoms with van der Waals surface area (Å²) in [5.41, 5.74) is 2.30. The Balaban J connectivity index is 2.22. The first kappa shape index (κ1) is 13.1. The molecule has 3 aromatic rings. The molecule has 1 heterocycles. The fourth-order valence-corrected chi connectivity index (χ4v) is 2.73. The number of benzene rings is 2. The second-order valence-electron chi connectivity index (χ2n) is 4.73. The zero-order valence-electron chi connectivity index (χ0n) is 11.1. The van der Waals surface area contributed by atoms with Crippen molar-refractivity contribution in [3.05, 3.63) is 65.7 Å². The Morgan fingerprint density at radius 3 is 2.60 bits per heavy atom. The third-order valence-electron chi connectivity index (χ3n) is 3.53. The summed E-state index contributed by atoms with van der Waals surface area (Å²) in [6, 6.07) is 15.1. The van der Waals surface area contributed by atoms with Crippen LogP contribution >= 0.6 is 11.6 Å². The van der Waals surface area contributed by atoms with E-state index in [-0.39, 0.29) is 17.7 Å². The molecule has 0 aliphatic heterocycles. The van der Waals surface area contributed by atoms with Crippen LogP contribution in [0.5, 0.6) is 0 Å². The second-order valence-corrected chi connectivity index (χ2v) is 4.99. The first-order valence-electron chi connectivity index (χ1n) is 6.48. The SMILES string of the molecule is CC(c1ccccc1)n1c(CCl)nc2c(F)cccc21. The number of halogens is 2. The van der Waals surface area contributed by atoms with Crippen LogP contribution in [0.3, 0.4) is 0 Å². The van der Waals surface area contributed by atoms with Crippen molar-refractivity contribution in [2.24, 2.45) is 0 Å². The Kier molecular flexibility index (Phi) is 3.45. The summed E-state index contributed by atoms with van der Waals surface area (Å²) in [7, 11) is 0. The first-order chi connectivity index (χ1) is 9.72. The molecule has 0 aliphatic carbocycles. The molecule has 2 aromatic carbocycles. The normalized spacial score (nSPS) is 12.8. The molecular weight excluding hydrogens is 275 g/mol. The minimum absolute atomic E-state index is 0.0525. The van der Waals surface area contributed by atoms with Crippen molar-refractivity contribution in [3.63, 3.8) is 0 Å². The number of alkyl halides is 1. The van der Waals surface area contributed by atoms with Gasteiger partial charge in [-0.3, -0.25) is 0 Å². The summed E-state index contributed by atoms with van der Waals surface area (Å²) in [5.74, 6) is 0.627. The minimum atomic E-state index is -0.312. The lowest BCUT2D eigenvalue weighted by Crippen LogP contribution is -2.09. The number of hydrogen-bond donors (Lipinski definition) is 0. The lowest BCUT2D eigenvalue weighted by molar-refractivity contribution is 0.633. The van der Waals surface area contributed by atoms with Gasteiger partial charge in [0.1, 0.15) is 11.3 Å². The molecule has 0 aliphatic rings. The topological polar surface area (TPSA) is 17.8 Å². The Hall–Kier alpha value is -1.87. The van der Waals surface area contributed by atoms with Gasteiger partial charge in [0.15, 0.2) is 5.82 Å². The van der Waals surface area contributed by atoms with Gasteiger partial charge in [-0.1, -0.05) is 36.4 Å². The van der Waals surface area contributed by atoms with Crippen molar-refractivity contribution in [1.82, 2.24) is 9.55 Å². The molecule has 1 aromatic heterocycles. The predicted molar refractivity (Wildman–Crippen MR) is 79.5 cm³/mol. The zero-order chi connectivity index (χ0) is 14.1. The summed E-state index contributed by atoms with van der Waals surface area (Å²) < 4.78 is 15.9. The largest absolute Gasteiger partial charge is 0.320 e. The second kappa shape index (κ2) is 5.25. The van der Waals surface area contributed by atoms with Gasteiger partial charge in [-0.15, -0.1) is 11.6 Å². The third-order valence-corrected chi connectivity index (χ3v) is 3.77. The minimum Gasteiger partial charge on any atom is -0.320 e. The molecule has 0 spiro atoms. The van der Waals surface area contributed by atoms with Gasteiger partial charge in [-0.05, 0) is 24.6 Å². The Morgan fingerprint density at radius 2 is 1.90 bits per heavy atom. The Labute approximate surface area is 121 Å². The summed E-state index contributed by atoms with van der Waals surface area (Å²) >= 11 is 5.98. The zero-order valence-corrected chi connectivity index (χ0v) is 11.8. The van der Waals surface area contributed by atoms with Gasteiger partial charge in [-0.25, -0.2) is 9.37 Å². The average Bonchev–Trinajstić information content (AvgIpc) is 2.87. The van der Waals surface area contributed by atoms with E-state index in [4.69, 9.17) is 11.6 Å². The number of fused-ring (bicyclic) bond motifs is 1. The van der Waals surface area contributed by atoms with Gasteiger partial charge >= 0.3 is 0 Å². The Bertz CT molecular complexity index is 737. The van der Waals surface area contributed by atoms with E-state index >= 15 is 0 Å².